The van der Waals surface area contributed by atoms with Gasteiger partial charge >= 0.3 is 0 Å². The minimum atomic E-state index is -0.181. The summed E-state index contributed by atoms with van der Waals surface area (Å²) in [7, 11) is 0. The van der Waals surface area contributed by atoms with Crippen LogP contribution in [0.2, 0.25) is 0 Å². The van der Waals surface area contributed by atoms with Crippen LogP contribution < -0.4 is 5.32 Å². The van der Waals surface area contributed by atoms with Gasteiger partial charge in [-0.25, -0.2) is 0 Å². The maximum absolute atomic E-state index is 9.83. The molecule has 2 nitrogen and oxygen atoms in total. The van der Waals surface area contributed by atoms with E-state index in [1.165, 1.54) is 44.9 Å². The van der Waals surface area contributed by atoms with Gasteiger partial charge < -0.3 is 10.4 Å². The molecule has 0 bridgehead atoms. The maximum Gasteiger partial charge on any atom is 0.0687 e. The van der Waals surface area contributed by atoms with Crippen LogP contribution >= 0.6 is 0 Å². The minimum Gasteiger partial charge on any atom is -0.392 e. The third-order valence-corrected chi connectivity index (χ3v) is 4.92. The molecule has 0 heterocycles. The summed E-state index contributed by atoms with van der Waals surface area (Å²) >= 11 is 0. The number of hydrogen-bond donors (Lipinski definition) is 2. The van der Waals surface area contributed by atoms with E-state index in [-0.39, 0.29) is 6.10 Å². The first-order chi connectivity index (χ1) is 8.16. The molecular formula is C15H29NO. The molecule has 0 aromatic rings. The van der Waals surface area contributed by atoms with Crippen LogP contribution in [0.25, 0.3) is 0 Å². The lowest BCUT2D eigenvalue weighted by Crippen LogP contribution is -2.42. The molecule has 0 saturated heterocycles. The van der Waals surface area contributed by atoms with Crippen molar-refractivity contribution in [2.45, 2.75) is 70.9 Å². The van der Waals surface area contributed by atoms with Crippen LogP contribution in [0.15, 0.2) is 0 Å². The molecular weight excluding hydrogens is 210 g/mol. The van der Waals surface area contributed by atoms with Crippen molar-refractivity contribution in [3.05, 3.63) is 0 Å². The number of hydrogen-bond acceptors (Lipinski definition) is 2. The van der Waals surface area contributed by atoms with Gasteiger partial charge in [0.1, 0.15) is 0 Å². The first-order valence-corrected chi connectivity index (χ1v) is 7.58. The number of rotatable bonds is 4. The SMILES string of the molecule is CC(C)C(O)CNC1CCC2CCCCC2C1. The largest absolute Gasteiger partial charge is 0.392 e. The van der Waals surface area contributed by atoms with E-state index in [4.69, 9.17) is 0 Å². The summed E-state index contributed by atoms with van der Waals surface area (Å²) in [6, 6.07) is 0.669. The Bertz CT molecular complexity index is 229. The summed E-state index contributed by atoms with van der Waals surface area (Å²) in [5, 5.41) is 13.4. The average Bonchev–Trinajstić information content (AvgIpc) is 2.35. The molecule has 4 atom stereocenters. The van der Waals surface area contributed by atoms with Gasteiger partial charge in [-0.05, 0) is 37.0 Å². The molecule has 2 heteroatoms. The zero-order chi connectivity index (χ0) is 12.3. The minimum absolute atomic E-state index is 0.181. The average molecular weight is 239 g/mol. The summed E-state index contributed by atoms with van der Waals surface area (Å²) in [4.78, 5) is 0. The lowest BCUT2D eigenvalue weighted by molar-refractivity contribution is 0.102. The molecule has 100 valence electrons. The van der Waals surface area contributed by atoms with Gasteiger partial charge in [0.05, 0.1) is 6.10 Å². The van der Waals surface area contributed by atoms with Gasteiger partial charge in [0.25, 0.3) is 0 Å². The molecule has 2 saturated carbocycles. The van der Waals surface area contributed by atoms with Crippen molar-refractivity contribution < 1.29 is 5.11 Å². The van der Waals surface area contributed by atoms with Crippen molar-refractivity contribution in [3.8, 4) is 0 Å². The quantitative estimate of drug-likeness (QED) is 0.790. The van der Waals surface area contributed by atoms with Gasteiger partial charge in [-0.2, -0.15) is 0 Å². The topological polar surface area (TPSA) is 32.3 Å². The van der Waals surface area contributed by atoms with E-state index in [0.717, 1.165) is 18.4 Å². The van der Waals surface area contributed by atoms with Crippen LogP contribution in [-0.2, 0) is 0 Å². The Labute approximate surface area is 106 Å². The van der Waals surface area contributed by atoms with Crippen LogP contribution in [0, 0.1) is 17.8 Å². The lowest BCUT2D eigenvalue weighted by Gasteiger charge is -2.40. The molecule has 4 unspecified atom stereocenters. The van der Waals surface area contributed by atoms with Crippen molar-refractivity contribution in [1.29, 1.82) is 0 Å². The van der Waals surface area contributed by atoms with Crippen LogP contribution in [0.1, 0.15) is 58.8 Å². The highest BCUT2D eigenvalue weighted by atomic mass is 16.3. The Balaban J connectivity index is 1.72. The van der Waals surface area contributed by atoms with E-state index >= 15 is 0 Å². The Kier molecular flexibility index (Phi) is 4.87. The summed E-state index contributed by atoms with van der Waals surface area (Å²) in [6.07, 6.45) is 9.76. The zero-order valence-corrected chi connectivity index (χ0v) is 11.5. The molecule has 0 aromatic carbocycles. The van der Waals surface area contributed by atoms with Gasteiger partial charge in [-0.1, -0.05) is 39.5 Å². The second-order valence-corrected chi connectivity index (χ2v) is 6.53. The van der Waals surface area contributed by atoms with Crippen LogP contribution in [0.5, 0.6) is 0 Å². The Hall–Kier alpha value is -0.0800. The van der Waals surface area contributed by atoms with Crippen LogP contribution in [0.3, 0.4) is 0 Å². The fourth-order valence-corrected chi connectivity index (χ4v) is 3.58. The van der Waals surface area contributed by atoms with Crippen LogP contribution in [-0.4, -0.2) is 23.8 Å². The molecule has 2 N–H and O–H groups in total. The smallest absolute Gasteiger partial charge is 0.0687 e. The van der Waals surface area contributed by atoms with Crippen molar-refractivity contribution in [1.82, 2.24) is 5.32 Å². The first kappa shape index (κ1) is 13.4. The van der Waals surface area contributed by atoms with E-state index in [0.29, 0.717) is 12.0 Å². The summed E-state index contributed by atoms with van der Waals surface area (Å²) in [5.74, 6) is 2.37. The Morgan fingerprint density at radius 1 is 1.06 bits per heavy atom. The summed E-state index contributed by atoms with van der Waals surface area (Å²) in [5.41, 5.74) is 0. The molecule has 0 radical (unpaired) electrons. The van der Waals surface area contributed by atoms with E-state index < -0.39 is 0 Å². The Morgan fingerprint density at radius 3 is 2.47 bits per heavy atom. The van der Waals surface area contributed by atoms with Gasteiger partial charge in [0.2, 0.25) is 0 Å². The van der Waals surface area contributed by atoms with E-state index in [1.807, 2.05) is 0 Å². The molecule has 0 aliphatic heterocycles. The lowest BCUT2D eigenvalue weighted by atomic mass is 9.69. The van der Waals surface area contributed by atoms with Crippen molar-refractivity contribution >= 4 is 0 Å². The highest BCUT2D eigenvalue weighted by molar-refractivity contribution is 4.86. The van der Waals surface area contributed by atoms with Crippen LogP contribution in [0.4, 0.5) is 0 Å². The van der Waals surface area contributed by atoms with Crippen molar-refractivity contribution in [2.24, 2.45) is 17.8 Å². The highest BCUT2D eigenvalue weighted by Crippen LogP contribution is 2.40. The molecule has 0 aromatic heterocycles. The molecule has 2 aliphatic rings. The maximum atomic E-state index is 9.83. The molecule has 2 fully saturated rings. The van der Waals surface area contributed by atoms with E-state index in [1.54, 1.807) is 0 Å². The summed E-state index contributed by atoms with van der Waals surface area (Å²) in [6.45, 7) is 4.95. The fourth-order valence-electron chi connectivity index (χ4n) is 3.58. The molecule has 2 rings (SSSR count). The van der Waals surface area contributed by atoms with Gasteiger partial charge in [0, 0.05) is 12.6 Å². The Morgan fingerprint density at radius 2 is 1.76 bits per heavy atom. The summed E-state index contributed by atoms with van der Waals surface area (Å²) < 4.78 is 0. The number of aliphatic hydroxyl groups excluding tert-OH is 1. The molecule has 17 heavy (non-hydrogen) atoms. The predicted molar refractivity (Wildman–Crippen MR) is 71.9 cm³/mol. The molecule has 2 aliphatic carbocycles. The van der Waals surface area contributed by atoms with Crippen molar-refractivity contribution in [3.63, 3.8) is 0 Å². The fraction of sp³-hybridized carbons (Fsp3) is 1.00. The van der Waals surface area contributed by atoms with Gasteiger partial charge in [0.15, 0.2) is 0 Å². The normalized spacial score (nSPS) is 35.6. The standard InChI is InChI=1S/C15H29NO/c1-11(2)15(17)10-16-14-8-7-12-5-3-4-6-13(12)9-14/h11-17H,3-10H2,1-2H3. The molecule has 0 amide bonds. The third kappa shape index (κ3) is 3.69. The van der Waals surface area contributed by atoms with Crippen molar-refractivity contribution in [2.75, 3.05) is 6.54 Å². The van der Waals surface area contributed by atoms with E-state index in [2.05, 4.69) is 19.2 Å². The second kappa shape index (κ2) is 6.19. The van der Waals surface area contributed by atoms with Gasteiger partial charge in [-0.3, -0.25) is 0 Å². The first-order valence-electron chi connectivity index (χ1n) is 7.58. The zero-order valence-electron chi connectivity index (χ0n) is 11.5. The highest BCUT2D eigenvalue weighted by Gasteiger charge is 2.32. The monoisotopic (exact) mass is 239 g/mol. The van der Waals surface area contributed by atoms with E-state index in [9.17, 15) is 5.11 Å². The second-order valence-electron chi connectivity index (χ2n) is 6.53. The number of aliphatic hydroxyl groups is 1. The number of nitrogens with one attached hydrogen (secondary N) is 1. The number of fused-ring (bicyclic) bond motifs is 1. The van der Waals surface area contributed by atoms with Gasteiger partial charge in [-0.15, -0.1) is 0 Å². The third-order valence-electron chi connectivity index (χ3n) is 4.92. The predicted octanol–water partition coefficient (Wildman–Crippen LogP) is 2.95. The molecule has 0 spiro atoms.